The second-order valence-corrected chi connectivity index (χ2v) is 7.58. The van der Waals surface area contributed by atoms with Crippen molar-refractivity contribution in [3.05, 3.63) is 24.3 Å². The predicted octanol–water partition coefficient (Wildman–Crippen LogP) is 1.18. The van der Waals surface area contributed by atoms with Crippen LogP contribution in [-0.4, -0.2) is 42.4 Å². The molecule has 1 unspecified atom stereocenters. The normalized spacial score (nSPS) is 23.8. The Morgan fingerprint density at radius 1 is 1.33 bits per heavy atom. The van der Waals surface area contributed by atoms with Crippen LogP contribution in [0.25, 0.3) is 0 Å². The molecule has 0 aliphatic carbocycles. The van der Waals surface area contributed by atoms with Gasteiger partial charge in [-0.05, 0) is 44.0 Å². The Bertz CT molecular complexity index is 623. The molecule has 21 heavy (non-hydrogen) atoms. The molecule has 6 nitrogen and oxygen atoms in total. The standard InChI is InChI=1S/C14H20N2O4S/c1-11(17)15-12-4-6-13(7-5-12)21(19,20)16-9-3-8-14(2,18)10-16/h4-7,18H,3,8-10H2,1-2H3,(H,15,17). The molecule has 0 radical (unpaired) electrons. The second kappa shape index (κ2) is 5.75. The maximum atomic E-state index is 12.5. The lowest BCUT2D eigenvalue weighted by Crippen LogP contribution is -2.48. The number of hydrogen-bond acceptors (Lipinski definition) is 4. The number of aliphatic hydroxyl groups is 1. The first-order chi connectivity index (χ1) is 9.71. The number of rotatable bonds is 3. The van der Waals surface area contributed by atoms with Gasteiger partial charge in [-0.2, -0.15) is 4.31 Å². The summed E-state index contributed by atoms with van der Waals surface area (Å²) in [5.74, 6) is -0.210. The zero-order valence-electron chi connectivity index (χ0n) is 12.2. The van der Waals surface area contributed by atoms with E-state index in [2.05, 4.69) is 5.32 Å². The average Bonchev–Trinajstić information content (AvgIpc) is 2.37. The summed E-state index contributed by atoms with van der Waals surface area (Å²) in [6, 6.07) is 6.03. The summed E-state index contributed by atoms with van der Waals surface area (Å²) in [6.45, 7) is 3.55. The number of hydrogen-bond donors (Lipinski definition) is 2. The molecule has 1 saturated heterocycles. The van der Waals surface area contributed by atoms with Crippen molar-refractivity contribution in [3.63, 3.8) is 0 Å². The highest BCUT2D eigenvalue weighted by molar-refractivity contribution is 7.89. The van der Waals surface area contributed by atoms with Gasteiger partial charge in [0.2, 0.25) is 15.9 Å². The van der Waals surface area contributed by atoms with E-state index in [1.54, 1.807) is 19.1 Å². The largest absolute Gasteiger partial charge is 0.389 e. The summed E-state index contributed by atoms with van der Waals surface area (Å²) in [5.41, 5.74) is -0.436. The van der Waals surface area contributed by atoms with E-state index in [9.17, 15) is 18.3 Å². The van der Waals surface area contributed by atoms with Crippen molar-refractivity contribution < 1.29 is 18.3 Å². The SMILES string of the molecule is CC(=O)Nc1ccc(S(=O)(=O)N2CCCC(C)(O)C2)cc1. The number of carbonyl (C=O) groups is 1. The van der Waals surface area contributed by atoms with Gasteiger partial charge in [-0.25, -0.2) is 8.42 Å². The number of nitrogens with zero attached hydrogens (tertiary/aromatic N) is 1. The maximum Gasteiger partial charge on any atom is 0.243 e. The fourth-order valence-corrected chi connectivity index (χ4v) is 4.04. The van der Waals surface area contributed by atoms with Gasteiger partial charge in [0.1, 0.15) is 0 Å². The van der Waals surface area contributed by atoms with Crippen LogP contribution in [0, 0.1) is 0 Å². The lowest BCUT2D eigenvalue weighted by atomic mass is 9.97. The van der Waals surface area contributed by atoms with Crippen LogP contribution >= 0.6 is 0 Å². The molecule has 2 N–H and O–H groups in total. The molecule has 1 fully saturated rings. The van der Waals surface area contributed by atoms with E-state index >= 15 is 0 Å². The first-order valence-electron chi connectivity index (χ1n) is 6.81. The zero-order valence-corrected chi connectivity index (χ0v) is 13.0. The number of amides is 1. The molecular formula is C14H20N2O4S. The number of piperidine rings is 1. The molecule has 1 aromatic rings. The molecule has 116 valence electrons. The maximum absolute atomic E-state index is 12.5. The molecule has 7 heteroatoms. The minimum Gasteiger partial charge on any atom is -0.389 e. The highest BCUT2D eigenvalue weighted by Gasteiger charge is 2.35. The van der Waals surface area contributed by atoms with Crippen molar-refractivity contribution in [1.29, 1.82) is 0 Å². The summed E-state index contributed by atoms with van der Waals surface area (Å²) in [6.07, 6.45) is 1.23. The van der Waals surface area contributed by atoms with Crippen LogP contribution in [0.1, 0.15) is 26.7 Å². The van der Waals surface area contributed by atoms with Gasteiger partial charge in [0.15, 0.2) is 0 Å². The van der Waals surface area contributed by atoms with Crippen molar-refractivity contribution in [2.24, 2.45) is 0 Å². The van der Waals surface area contributed by atoms with Gasteiger partial charge in [0.05, 0.1) is 10.5 Å². The van der Waals surface area contributed by atoms with Gasteiger partial charge in [0.25, 0.3) is 0 Å². The van der Waals surface area contributed by atoms with Crippen LogP contribution in [0.4, 0.5) is 5.69 Å². The summed E-state index contributed by atoms with van der Waals surface area (Å²) < 4.78 is 26.4. The molecule has 0 spiro atoms. The monoisotopic (exact) mass is 312 g/mol. The van der Waals surface area contributed by atoms with Gasteiger partial charge >= 0.3 is 0 Å². The van der Waals surface area contributed by atoms with E-state index in [1.807, 2.05) is 0 Å². The lowest BCUT2D eigenvalue weighted by Gasteiger charge is -2.35. The number of sulfonamides is 1. The van der Waals surface area contributed by atoms with Crippen LogP contribution in [0.15, 0.2) is 29.2 Å². The number of β-amino-alcohol motifs (C(OH)–C–C–N with tert-alkyl or cyclic N) is 1. The summed E-state index contributed by atoms with van der Waals surface area (Å²) in [7, 11) is -3.62. The molecule has 1 aromatic carbocycles. The quantitative estimate of drug-likeness (QED) is 0.877. The number of benzene rings is 1. The van der Waals surface area contributed by atoms with Gasteiger partial charge in [-0.1, -0.05) is 0 Å². The molecule has 2 rings (SSSR count). The van der Waals surface area contributed by atoms with E-state index in [4.69, 9.17) is 0 Å². The minimum absolute atomic E-state index is 0.1000. The molecule has 0 aromatic heterocycles. The first kappa shape index (κ1) is 15.9. The Hall–Kier alpha value is -1.44. The minimum atomic E-state index is -3.62. The van der Waals surface area contributed by atoms with Crippen LogP contribution in [0.3, 0.4) is 0 Å². The van der Waals surface area contributed by atoms with Crippen molar-refractivity contribution >= 4 is 21.6 Å². The molecule has 1 aliphatic rings. The third kappa shape index (κ3) is 3.81. The Labute approximate surface area is 124 Å². The van der Waals surface area contributed by atoms with Crippen molar-refractivity contribution in [3.8, 4) is 0 Å². The lowest BCUT2D eigenvalue weighted by molar-refractivity contribution is -0.114. The van der Waals surface area contributed by atoms with E-state index in [0.29, 0.717) is 25.1 Å². The summed E-state index contributed by atoms with van der Waals surface area (Å²) in [4.78, 5) is 11.1. The zero-order chi connectivity index (χ0) is 15.7. The summed E-state index contributed by atoms with van der Waals surface area (Å²) in [5, 5.41) is 12.6. The van der Waals surface area contributed by atoms with Crippen molar-refractivity contribution in [2.75, 3.05) is 18.4 Å². The van der Waals surface area contributed by atoms with Gasteiger partial charge in [-0.15, -0.1) is 0 Å². The highest BCUT2D eigenvalue weighted by Crippen LogP contribution is 2.26. The van der Waals surface area contributed by atoms with E-state index in [0.717, 1.165) is 0 Å². The average molecular weight is 312 g/mol. The molecule has 0 bridgehead atoms. The summed E-state index contributed by atoms with van der Waals surface area (Å²) >= 11 is 0. The molecule has 0 saturated carbocycles. The van der Waals surface area contributed by atoms with Crippen LogP contribution in [0.5, 0.6) is 0 Å². The predicted molar refractivity (Wildman–Crippen MR) is 79.4 cm³/mol. The Kier molecular flexibility index (Phi) is 4.36. The van der Waals surface area contributed by atoms with Crippen LogP contribution in [-0.2, 0) is 14.8 Å². The Morgan fingerprint density at radius 3 is 2.48 bits per heavy atom. The Balaban J connectivity index is 2.21. The highest BCUT2D eigenvalue weighted by atomic mass is 32.2. The molecular weight excluding hydrogens is 292 g/mol. The third-order valence-electron chi connectivity index (χ3n) is 3.45. The molecule has 1 atom stereocenters. The number of nitrogens with one attached hydrogen (secondary N) is 1. The van der Waals surface area contributed by atoms with E-state index in [1.165, 1.54) is 23.4 Å². The third-order valence-corrected chi connectivity index (χ3v) is 5.31. The molecule has 1 aliphatic heterocycles. The topological polar surface area (TPSA) is 86.7 Å². The first-order valence-corrected chi connectivity index (χ1v) is 8.25. The fraction of sp³-hybridized carbons (Fsp3) is 0.500. The number of carbonyl (C=O) groups excluding carboxylic acids is 1. The van der Waals surface area contributed by atoms with Gasteiger partial charge in [-0.3, -0.25) is 4.79 Å². The fourth-order valence-electron chi connectivity index (χ4n) is 2.44. The van der Waals surface area contributed by atoms with Gasteiger partial charge in [0, 0.05) is 25.7 Å². The van der Waals surface area contributed by atoms with E-state index < -0.39 is 15.6 Å². The van der Waals surface area contributed by atoms with Crippen LogP contribution < -0.4 is 5.32 Å². The molecule has 1 amide bonds. The van der Waals surface area contributed by atoms with E-state index in [-0.39, 0.29) is 17.3 Å². The van der Waals surface area contributed by atoms with Crippen molar-refractivity contribution in [2.45, 2.75) is 37.2 Å². The molecule has 1 heterocycles. The smallest absolute Gasteiger partial charge is 0.243 e. The van der Waals surface area contributed by atoms with Gasteiger partial charge < -0.3 is 10.4 Å². The Morgan fingerprint density at radius 2 is 1.95 bits per heavy atom. The van der Waals surface area contributed by atoms with Crippen LogP contribution in [0.2, 0.25) is 0 Å². The van der Waals surface area contributed by atoms with Crippen molar-refractivity contribution in [1.82, 2.24) is 4.31 Å². The second-order valence-electron chi connectivity index (χ2n) is 5.64. The number of anilines is 1.